The molecule has 4 rings (SSSR count). The lowest BCUT2D eigenvalue weighted by molar-refractivity contribution is -0.192. The number of rotatable bonds is 6. The molecule has 0 radical (unpaired) electrons. The summed E-state index contributed by atoms with van der Waals surface area (Å²) in [6.45, 7) is 4.55. The van der Waals surface area contributed by atoms with Crippen LogP contribution in [0.4, 0.5) is 13.2 Å². The summed E-state index contributed by atoms with van der Waals surface area (Å²) in [5.74, 6) is -2.43. The zero-order valence-corrected chi connectivity index (χ0v) is 18.1. The summed E-state index contributed by atoms with van der Waals surface area (Å²) in [6.07, 6.45) is -5.08. The van der Waals surface area contributed by atoms with E-state index in [1.165, 1.54) is 0 Å². The Bertz CT molecular complexity index is 987. The highest BCUT2D eigenvalue weighted by Crippen LogP contribution is 2.42. The van der Waals surface area contributed by atoms with Crippen LogP contribution in [-0.2, 0) is 25.6 Å². The molecule has 33 heavy (non-hydrogen) atoms. The molecule has 0 saturated carbocycles. The number of carbonyl (C=O) groups is 2. The lowest BCUT2D eigenvalue weighted by atomic mass is 9.80. The van der Waals surface area contributed by atoms with Crippen LogP contribution in [0.5, 0.6) is 0 Å². The van der Waals surface area contributed by atoms with Gasteiger partial charge in [-0.2, -0.15) is 13.2 Å². The summed E-state index contributed by atoms with van der Waals surface area (Å²) < 4.78 is 42.4. The van der Waals surface area contributed by atoms with E-state index >= 15 is 0 Å². The second kappa shape index (κ2) is 10.4. The number of carboxylic acid groups (broad SMARTS) is 1. The van der Waals surface area contributed by atoms with E-state index in [2.05, 4.69) is 28.4 Å². The number of likely N-dealkylation sites (tertiary alicyclic amines) is 1. The molecule has 2 atom stereocenters. The van der Waals surface area contributed by atoms with Crippen molar-refractivity contribution in [1.82, 2.24) is 15.2 Å². The quantitative estimate of drug-likeness (QED) is 0.625. The van der Waals surface area contributed by atoms with Crippen molar-refractivity contribution in [3.63, 3.8) is 0 Å². The number of aliphatic carboxylic acids is 1. The van der Waals surface area contributed by atoms with E-state index in [0.717, 1.165) is 29.7 Å². The molecular formula is C22H26F3N3O5. The summed E-state index contributed by atoms with van der Waals surface area (Å²) in [5, 5.41) is 11.3. The molecule has 1 aromatic heterocycles. The lowest BCUT2D eigenvalue weighted by Gasteiger charge is -2.26. The van der Waals surface area contributed by atoms with Gasteiger partial charge in [-0.3, -0.25) is 14.7 Å². The Morgan fingerprint density at radius 2 is 2.03 bits per heavy atom. The normalized spacial score (nSPS) is 22.5. The topological polar surface area (TPSA) is 101 Å². The lowest BCUT2D eigenvalue weighted by Crippen LogP contribution is -2.47. The summed E-state index contributed by atoms with van der Waals surface area (Å²) in [4.78, 5) is 28.8. The highest BCUT2D eigenvalue weighted by atomic mass is 19.4. The fraction of sp³-hybridized carbons (Fsp3) is 0.500. The van der Waals surface area contributed by atoms with Crippen LogP contribution < -0.4 is 5.32 Å². The maximum Gasteiger partial charge on any atom is 0.490 e. The number of nitrogens with one attached hydrogen (secondary N) is 1. The van der Waals surface area contributed by atoms with Crippen molar-refractivity contribution in [2.24, 2.45) is 11.3 Å². The van der Waals surface area contributed by atoms with Crippen LogP contribution >= 0.6 is 0 Å². The number of carboxylic acids is 1. The predicted octanol–water partition coefficient (Wildman–Crippen LogP) is 2.08. The molecule has 8 nitrogen and oxygen atoms in total. The number of alkyl halides is 3. The third kappa shape index (κ3) is 5.98. The number of methoxy groups -OCH3 is 1. The molecule has 0 aliphatic carbocycles. The molecule has 2 saturated heterocycles. The molecule has 2 aromatic rings. The van der Waals surface area contributed by atoms with E-state index in [1.54, 1.807) is 7.11 Å². The Labute approximate surface area is 188 Å². The van der Waals surface area contributed by atoms with Crippen LogP contribution in [0.25, 0.3) is 10.9 Å². The van der Waals surface area contributed by atoms with Gasteiger partial charge in [0.05, 0.1) is 36.4 Å². The molecule has 0 unspecified atom stereocenters. The van der Waals surface area contributed by atoms with Crippen molar-refractivity contribution in [3.05, 3.63) is 42.1 Å². The third-order valence-corrected chi connectivity index (χ3v) is 5.77. The molecule has 2 N–H and O–H groups in total. The number of amides is 1. The van der Waals surface area contributed by atoms with Gasteiger partial charge in [-0.05, 0) is 12.1 Å². The number of ether oxygens (including phenoxy) is 2. The summed E-state index contributed by atoms with van der Waals surface area (Å²) in [7, 11) is 1.64. The summed E-state index contributed by atoms with van der Waals surface area (Å²) in [6, 6.07) is 12.3. The molecule has 2 fully saturated rings. The number of fused-ring (bicyclic) bond motifs is 2. The average molecular weight is 469 g/mol. The van der Waals surface area contributed by atoms with E-state index in [1.807, 2.05) is 18.2 Å². The Kier molecular flexibility index (Phi) is 7.88. The standard InChI is InChI=1S/C20H25N3O3.C2HF3O2/c1-25-9-8-21-19(24)20-13-23(10-16(20)12-26-14-20)11-17-7-6-15-4-2-3-5-18(15)22-17;3-2(4,5)1(6)7/h2-7,16H,8-14H2,1H3,(H,21,24);(H,6,7)/t16-,20-;/m1./s1. The second-order valence-corrected chi connectivity index (χ2v) is 8.08. The zero-order valence-electron chi connectivity index (χ0n) is 18.1. The second-order valence-electron chi connectivity index (χ2n) is 8.08. The van der Waals surface area contributed by atoms with Crippen LogP contribution in [-0.4, -0.2) is 79.6 Å². The van der Waals surface area contributed by atoms with Crippen molar-refractivity contribution in [1.29, 1.82) is 0 Å². The fourth-order valence-electron chi connectivity index (χ4n) is 4.15. The van der Waals surface area contributed by atoms with Crippen molar-refractivity contribution in [2.75, 3.05) is 46.6 Å². The molecule has 0 bridgehead atoms. The van der Waals surface area contributed by atoms with Crippen molar-refractivity contribution in [2.45, 2.75) is 12.7 Å². The number of hydrogen-bond donors (Lipinski definition) is 2. The molecule has 3 heterocycles. The van der Waals surface area contributed by atoms with Crippen LogP contribution in [0.2, 0.25) is 0 Å². The smallest absolute Gasteiger partial charge is 0.475 e. The average Bonchev–Trinajstić information content (AvgIpc) is 3.31. The van der Waals surface area contributed by atoms with E-state index in [-0.39, 0.29) is 11.8 Å². The Morgan fingerprint density at radius 3 is 2.73 bits per heavy atom. The number of para-hydroxylation sites is 1. The summed E-state index contributed by atoms with van der Waals surface area (Å²) >= 11 is 0. The number of nitrogens with zero attached hydrogens (tertiary/aromatic N) is 2. The maximum absolute atomic E-state index is 12.8. The Hall–Kier alpha value is -2.76. The van der Waals surface area contributed by atoms with E-state index < -0.39 is 17.6 Å². The van der Waals surface area contributed by atoms with Crippen LogP contribution in [0, 0.1) is 11.3 Å². The van der Waals surface area contributed by atoms with Crippen LogP contribution in [0.1, 0.15) is 5.69 Å². The molecule has 1 amide bonds. The molecule has 2 aliphatic heterocycles. The Morgan fingerprint density at radius 1 is 1.30 bits per heavy atom. The molecule has 11 heteroatoms. The van der Waals surface area contributed by atoms with Gasteiger partial charge in [0, 0.05) is 44.6 Å². The first-order valence-corrected chi connectivity index (χ1v) is 10.4. The number of halogens is 3. The van der Waals surface area contributed by atoms with E-state index in [9.17, 15) is 18.0 Å². The highest BCUT2D eigenvalue weighted by molar-refractivity contribution is 5.84. The number of aromatic nitrogens is 1. The number of benzene rings is 1. The van der Waals surface area contributed by atoms with E-state index in [4.69, 9.17) is 24.4 Å². The molecule has 180 valence electrons. The van der Waals surface area contributed by atoms with Gasteiger partial charge >= 0.3 is 12.1 Å². The Balaban J connectivity index is 0.000000383. The first kappa shape index (κ1) is 24.9. The SMILES string of the molecule is COCCNC(=O)[C@]12COC[C@H]1CN(Cc1ccc3ccccc3n1)C2.O=C(O)C(F)(F)F. The van der Waals surface area contributed by atoms with Crippen molar-refractivity contribution >= 4 is 22.8 Å². The predicted molar refractivity (Wildman–Crippen MR) is 112 cm³/mol. The van der Waals surface area contributed by atoms with Gasteiger partial charge in [0.2, 0.25) is 5.91 Å². The third-order valence-electron chi connectivity index (χ3n) is 5.77. The minimum Gasteiger partial charge on any atom is -0.475 e. The van der Waals surface area contributed by atoms with Gasteiger partial charge < -0.3 is 19.9 Å². The number of pyridine rings is 1. The van der Waals surface area contributed by atoms with Crippen LogP contribution in [0.15, 0.2) is 36.4 Å². The highest BCUT2D eigenvalue weighted by Gasteiger charge is 2.55. The zero-order chi connectivity index (χ0) is 24.1. The minimum absolute atomic E-state index is 0.0889. The van der Waals surface area contributed by atoms with Crippen molar-refractivity contribution < 1.29 is 37.3 Å². The maximum atomic E-state index is 12.8. The first-order valence-electron chi connectivity index (χ1n) is 10.4. The van der Waals surface area contributed by atoms with Gasteiger partial charge in [-0.1, -0.05) is 24.3 Å². The minimum atomic E-state index is -5.08. The number of carbonyl (C=O) groups excluding carboxylic acids is 1. The fourth-order valence-corrected chi connectivity index (χ4v) is 4.15. The number of hydrogen-bond acceptors (Lipinski definition) is 6. The van der Waals surface area contributed by atoms with Crippen LogP contribution in [0.3, 0.4) is 0 Å². The van der Waals surface area contributed by atoms with E-state index in [0.29, 0.717) is 32.9 Å². The van der Waals surface area contributed by atoms with Gasteiger partial charge in [0.25, 0.3) is 0 Å². The van der Waals surface area contributed by atoms with Gasteiger partial charge in [-0.15, -0.1) is 0 Å². The van der Waals surface area contributed by atoms with Gasteiger partial charge in [-0.25, -0.2) is 4.79 Å². The largest absolute Gasteiger partial charge is 0.490 e. The molecule has 1 aromatic carbocycles. The summed E-state index contributed by atoms with van der Waals surface area (Å²) in [5.41, 5.74) is 1.61. The van der Waals surface area contributed by atoms with Gasteiger partial charge in [0.1, 0.15) is 0 Å². The molecular weight excluding hydrogens is 443 g/mol. The monoisotopic (exact) mass is 469 g/mol. The van der Waals surface area contributed by atoms with Crippen molar-refractivity contribution in [3.8, 4) is 0 Å². The molecule has 2 aliphatic rings. The molecule has 0 spiro atoms. The van der Waals surface area contributed by atoms with Gasteiger partial charge in [0.15, 0.2) is 0 Å². The first-order chi connectivity index (χ1) is 15.7.